The van der Waals surface area contributed by atoms with Crippen LogP contribution in [-0.4, -0.2) is 52.7 Å². The Morgan fingerprint density at radius 2 is 1.91 bits per heavy atom. The number of hydrogen-bond donors (Lipinski definition) is 3. The van der Waals surface area contributed by atoms with Gasteiger partial charge in [0.2, 0.25) is 0 Å². The van der Waals surface area contributed by atoms with Gasteiger partial charge in [-0.25, -0.2) is 4.79 Å². The molecule has 6 heteroatoms. The molecule has 0 aromatic heterocycles. The Hall–Kier alpha value is -1.14. The summed E-state index contributed by atoms with van der Waals surface area (Å²) in [5, 5.41) is 16.1. The quantitative estimate of drug-likeness (QED) is 0.669. The highest BCUT2D eigenvalue weighted by Gasteiger charge is 2.45. The summed E-state index contributed by atoms with van der Waals surface area (Å²) >= 11 is 0. The Morgan fingerprint density at radius 1 is 1.26 bits per heavy atom. The Bertz CT molecular complexity index is 489. The van der Waals surface area contributed by atoms with Crippen LogP contribution in [0, 0.1) is 11.3 Å². The van der Waals surface area contributed by atoms with Crippen LogP contribution in [0.5, 0.6) is 0 Å². The largest absolute Gasteiger partial charge is 0.394 e. The summed E-state index contributed by atoms with van der Waals surface area (Å²) in [6, 6.07) is -0.336. The summed E-state index contributed by atoms with van der Waals surface area (Å²) in [6.45, 7) is 11.0. The van der Waals surface area contributed by atoms with Gasteiger partial charge in [0.25, 0.3) is 5.91 Å². The number of hydrogen-bond acceptors (Lipinski definition) is 4. The number of urea groups is 1. The van der Waals surface area contributed by atoms with E-state index in [1.807, 2.05) is 0 Å². The minimum absolute atomic E-state index is 0.0758. The molecule has 2 atom stereocenters. The van der Waals surface area contributed by atoms with Crippen LogP contribution in [0.15, 0.2) is 0 Å². The normalized spacial score (nSPS) is 33.0. The van der Waals surface area contributed by atoms with E-state index in [2.05, 4.69) is 31.4 Å². The molecule has 0 spiro atoms. The molecule has 1 saturated heterocycles. The topological polar surface area (TPSA) is 81.7 Å². The van der Waals surface area contributed by atoms with Crippen molar-refractivity contribution in [2.45, 2.75) is 65.0 Å². The molecule has 1 aliphatic carbocycles. The maximum Gasteiger partial charge on any atom is 0.325 e. The molecule has 2 fully saturated rings. The first kappa shape index (κ1) is 18.2. The average molecular weight is 325 g/mol. The standard InChI is InChI=1S/C17H31N3O3/c1-12-8-15(2,3)10-17(9-12,11-21)18-6-7-20-13(22)16(4,5)19-14(20)23/h12,18,21H,6-11H2,1-5H3,(H,19,23)/t12-,17-/m1/s1. The molecule has 1 saturated carbocycles. The number of rotatable bonds is 5. The number of amides is 3. The van der Waals surface area contributed by atoms with Gasteiger partial charge in [0.05, 0.1) is 6.61 Å². The Morgan fingerprint density at radius 3 is 2.39 bits per heavy atom. The summed E-state index contributed by atoms with van der Waals surface area (Å²) in [5.41, 5.74) is -0.973. The molecule has 0 aromatic carbocycles. The highest BCUT2D eigenvalue weighted by atomic mass is 16.3. The van der Waals surface area contributed by atoms with E-state index in [0.717, 1.165) is 19.3 Å². The summed E-state index contributed by atoms with van der Waals surface area (Å²) in [5.74, 6) is 0.341. The SMILES string of the molecule is C[C@@H]1CC(C)(C)C[C@](CO)(NCCN2C(=O)NC(C)(C)C2=O)C1. The van der Waals surface area contributed by atoms with Crippen LogP contribution >= 0.6 is 0 Å². The molecular weight excluding hydrogens is 294 g/mol. The third-order valence-corrected chi connectivity index (χ3v) is 5.04. The van der Waals surface area contributed by atoms with E-state index in [0.29, 0.717) is 19.0 Å². The van der Waals surface area contributed by atoms with Gasteiger partial charge >= 0.3 is 6.03 Å². The van der Waals surface area contributed by atoms with Crippen LogP contribution in [0.1, 0.15) is 53.9 Å². The van der Waals surface area contributed by atoms with Crippen LogP contribution in [-0.2, 0) is 4.79 Å². The molecule has 0 bridgehead atoms. The fraction of sp³-hybridized carbons (Fsp3) is 0.882. The predicted octanol–water partition coefficient (Wildman–Crippen LogP) is 1.48. The molecule has 1 heterocycles. The zero-order valence-electron chi connectivity index (χ0n) is 15.0. The van der Waals surface area contributed by atoms with E-state index in [-0.39, 0.29) is 29.5 Å². The van der Waals surface area contributed by atoms with Gasteiger partial charge in [-0.3, -0.25) is 9.69 Å². The number of carbonyl (C=O) groups excluding carboxylic acids is 2. The van der Waals surface area contributed by atoms with Gasteiger partial charge in [-0.2, -0.15) is 0 Å². The molecular formula is C17H31N3O3. The van der Waals surface area contributed by atoms with Gasteiger partial charge in [0, 0.05) is 18.6 Å². The van der Waals surface area contributed by atoms with Crippen molar-refractivity contribution >= 4 is 11.9 Å². The molecule has 0 aromatic rings. The second-order valence-electron chi connectivity index (χ2n) is 8.73. The van der Waals surface area contributed by atoms with Crippen LogP contribution in [0.4, 0.5) is 4.79 Å². The van der Waals surface area contributed by atoms with Crippen molar-refractivity contribution in [3.63, 3.8) is 0 Å². The molecule has 2 rings (SSSR count). The summed E-state index contributed by atoms with van der Waals surface area (Å²) < 4.78 is 0. The fourth-order valence-electron chi connectivity index (χ4n) is 4.51. The number of aliphatic hydroxyl groups excluding tert-OH is 1. The molecule has 132 valence electrons. The molecule has 1 aliphatic heterocycles. The van der Waals surface area contributed by atoms with Crippen LogP contribution < -0.4 is 10.6 Å². The molecule has 3 N–H and O–H groups in total. The lowest BCUT2D eigenvalue weighted by molar-refractivity contribution is -0.130. The van der Waals surface area contributed by atoms with E-state index in [1.54, 1.807) is 13.8 Å². The Balaban J connectivity index is 1.96. The zero-order valence-corrected chi connectivity index (χ0v) is 15.0. The van der Waals surface area contributed by atoms with E-state index in [1.165, 1.54) is 4.90 Å². The highest BCUT2D eigenvalue weighted by Crippen LogP contribution is 2.43. The molecule has 23 heavy (non-hydrogen) atoms. The van der Waals surface area contributed by atoms with Gasteiger partial charge in [-0.05, 0) is 44.4 Å². The third kappa shape index (κ3) is 3.86. The number of carbonyl (C=O) groups is 2. The van der Waals surface area contributed by atoms with E-state index >= 15 is 0 Å². The van der Waals surface area contributed by atoms with Crippen molar-refractivity contribution in [3.8, 4) is 0 Å². The van der Waals surface area contributed by atoms with Crippen molar-refractivity contribution in [1.29, 1.82) is 0 Å². The lowest BCUT2D eigenvalue weighted by Gasteiger charge is -2.47. The van der Waals surface area contributed by atoms with Crippen molar-refractivity contribution in [2.75, 3.05) is 19.7 Å². The van der Waals surface area contributed by atoms with E-state index in [4.69, 9.17) is 0 Å². The molecule has 0 unspecified atom stereocenters. The van der Waals surface area contributed by atoms with Gasteiger partial charge in [0.15, 0.2) is 0 Å². The fourth-order valence-corrected chi connectivity index (χ4v) is 4.51. The summed E-state index contributed by atoms with van der Waals surface area (Å²) in [6.07, 6.45) is 2.96. The second kappa shape index (κ2) is 6.06. The monoisotopic (exact) mass is 325 g/mol. The van der Waals surface area contributed by atoms with Gasteiger partial charge in [-0.1, -0.05) is 20.8 Å². The maximum absolute atomic E-state index is 12.2. The number of nitrogens with one attached hydrogen (secondary N) is 2. The zero-order chi connectivity index (χ0) is 17.5. The summed E-state index contributed by atoms with van der Waals surface area (Å²) in [4.78, 5) is 25.4. The van der Waals surface area contributed by atoms with Crippen molar-refractivity contribution < 1.29 is 14.7 Å². The van der Waals surface area contributed by atoms with Crippen LogP contribution in [0.3, 0.4) is 0 Å². The lowest BCUT2D eigenvalue weighted by Crippen LogP contribution is -2.56. The van der Waals surface area contributed by atoms with E-state index < -0.39 is 5.54 Å². The number of aliphatic hydroxyl groups is 1. The van der Waals surface area contributed by atoms with E-state index in [9.17, 15) is 14.7 Å². The molecule has 2 aliphatic rings. The Labute approximate surface area is 139 Å². The molecule has 0 radical (unpaired) electrons. The van der Waals surface area contributed by atoms with Gasteiger partial charge in [0.1, 0.15) is 5.54 Å². The minimum Gasteiger partial charge on any atom is -0.394 e. The molecule has 6 nitrogen and oxygen atoms in total. The minimum atomic E-state index is -0.826. The van der Waals surface area contributed by atoms with Crippen LogP contribution in [0.25, 0.3) is 0 Å². The first-order valence-corrected chi connectivity index (χ1v) is 8.50. The first-order valence-electron chi connectivity index (χ1n) is 8.50. The van der Waals surface area contributed by atoms with Gasteiger partial charge < -0.3 is 15.7 Å². The lowest BCUT2D eigenvalue weighted by atomic mass is 9.64. The maximum atomic E-state index is 12.2. The predicted molar refractivity (Wildman–Crippen MR) is 88.9 cm³/mol. The first-order chi connectivity index (χ1) is 10.5. The number of nitrogens with zero attached hydrogens (tertiary/aromatic N) is 1. The second-order valence-corrected chi connectivity index (χ2v) is 8.73. The van der Waals surface area contributed by atoms with Crippen LogP contribution in [0.2, 0.25) is 0 Å². The van der Waals surface area contributed by atoms with Crippen molar-refractivity contribution in [2.24, 2.45) is 11.3 Å². The summed E-state index contributed by atoms with van der Waals surface area (Å²) in [7, 11) is 0. The van der Waals surface area contributed by atoms with Crippen molar-refractivity contribution in [1.82, 2.24) is 15.5 Å². The smallest absolute Gasteiger partial charge is 0.325 e. The third-order valence-electron chi connectivity index (χ3n) is 5.04. The number of imide groups is 1. The highest BCUT2D eigenvalue weighted by molar-refractivity contribution is 6.06. The molecule has 3 amide bonds. The Kier molecular flexibility index (Phi) is 4.79. The average Bonchev–Trinajstić information content (AvgIpc) is 2.58. The van der Waals surface area contributed by atoms with Gasteiger partial charge in [-0.15, -0.1) is 0 Å². The van der Waals surface area contributed by atoms with Crippen molar-refractivity contribution in [3.05, 3.63) is 0 Å².